The van der Waals surface area contributed by atoms with Gasteiger partial charge in [0.1, 0.15) is 11.6 Å². The highest BCUT2D eigenvalue weighted by Gasteiger charge is 2.14. The number of nitrogens with two attached hydrogens (primary N) is 1. The van der Waals surface area contributed by atoms with Crippen molar-refractivity contribution in [2.24, 2.45) is 0 Å². The fourth-order valence-electron chi connectivity index (χ4n) is 1.84. The van der Waals surface area contributed by atoms with E-state index in [-0.39, 0.29) is 0 Å². The van der Waals surface area contributed by atoms with Crippen molar-refractivity contribution < 1.29 is 4.21 Å². The number of hydrogen-bond donors (Lipinski definition) is 1. The SMILES string of the molecule is CS(=O)c1nc(N)cc(N2CCCCC2)n1. The van der Waals surface area contributed by atoms with Crippen LogP contribution in [-0.4, -0.2) is 33.5 Å². The van der Waals surface area contributed by atoms with Crippen molar-refractivity contribution in [3.05, 3.63) is 6.07 Å². The molecule has 0 aliphatic carbocycles. The molecular formula is C10H16N4OS. The summed E-state index contributed by atoms with van der Waals surface area (Å²) in [6.07, 6.45) is 5.18. The van der Waals surface area contributed by atoms with E-state index in [4.69, 9.17) is 5.73 Å². The van der Waals surface area contributed by atoms with E-state index >= 15 is 0 Å². The molecule has 2 N–H and O–H groups in total. The zero-order valence-electron chi connectivity index (χ0n) is 9.35. The first kappa shape index (κ1) is 11.3. The van der Waals surface area contributed by atoms with Crippen LogP contribution in [0.3, 0.4) is 0 Å². The quantitative estimate of drug-likeness (QED) is 0.774. The summed E-state index contributed by atoms with van der Waals surface area (Å²) in [5.41, 5.74) is 5.69. The molecule has 6 heteroatoms. The van der Waals surface area contributed by atoms with Gasteiger partial charge >= 0.3 is 0 Å². The molecule has 1 aromatic heterocycles. The van der Waals surface area contributed by atoms with Crippen molar-refractivity contribution in [1.82, 2.24) is 9.97 Å². The third-order valence-corrected chi connectivity index (χ3v) is 3.35. The fourth-order valence-corrected chi connectivity index (χ4v) is 2.30. The molecule has 0 amide bonds. The predicted octanol–water partition coefficient (Wildman–Crippen LogP) is 0.786. The maximum atomic E-state index is 11.3. The summed E-state index contributed by atoms with van der Waals surface area (Å²) in [6.45, 7) is 1.98. The Morgan fingerprint density at radius 2 is 2.00 bits per heavy atom. The smallest absolute Gasteiger partial charge is 0.222 e. The summed E-state index contributed by atoms with van der Waals surface area (Å²) in [5, 5.41) is 0.320. The molecule has 0 bridgehead atoms. The van der Waals surface area contributed by atoms with E-state index in [0.29, 0.717) is 11.0 Å². The van der Waals surface area contributed by atoms with Gasteiger partial charge in [0.25, 0.3) is 0 Å². The highest BCUT2D eigenvalue weighted by Crippen LogP contribution is 2.19. The fraction of sp³-hybridized carbons (Fsp3) is 0.600. The minimum Gasteiger partial charge on any atom is -0.383 e. The second-order valence-electron chi connectivity index (χ2n) is 3.94. The van der Waals surface area contributed by atoms with Gasteiger partial charge in [-0.05, 0) is 19.3 Å². The number of nitrogens with zero attached hydrogens (tertiary/aromatic N) is 3. The predicted molar refractivity (Wildman–Crippen MR) is 64.8 cm³/mol. The Morgan fingerprint density at radius 3 is 2.62 bits per heavy atom. The largest absolute Gasteiger partial charge is 0.383 e. The van der Waals surface area contributed by atoms with Gasteiger partial charge in [0.15, 0.2) is 0 Å². The van der Waals surface area contributed by atoms with Gasteiger partial charge in [-0.15, -0.1) is 0 Å². The van der Waals surface area contributed by atoms with E-state index in [2.05, 4.69) is 14.9 Å². The summed E-state index contributed by atoms with van der Waals surface area (Å²) in [6, 6.07) is 1.75. The zero-order valence-corrected chi connectivity index (χ0v) is 10.2. The molecule has 5 nitrogen and oxygen atoms in total. The molecule has 0 aromatic carbocycles. The molecule has 1 fully saturated rings. The summed E-state index contributed by atoms with van der Waals surface area (Å²) in [7, 11) is -1.18. The van der Waals surface area contributed by atoms with Crippen molar-refractivity contribution >= 4 is 22.4 Å². The van der Waals surface area contributed by atoms with E-state index < -0.39 is 10.8 Å². The van der Waals surface area contributed by atoms with E-state index in [1.54, 1.807) is 12.3 Å². The van der Waals surface area contributed by atoms with Crippen molar-refractivity contribution in [2.45, 2.75) is 24.4 Å². The lowest BCUT2D eigenvalue weighted by Crippen LogP contribution is -2.30. The Balaban J connectivity index is 2.28. The van der Waals surface area contributed by atoms with Crippen LogP contribution in [0.15, 0.2) is 11.2 Å². The number of anilines is 2. The summed E-state index contributed by atoms with van der Waals surface area (Å²) in [4.78, 5) is 10.4. The summed E-state index contributed by atoms with van der Waals surface area (Å²) < 4.78 is 11.3. The molecule has 1 atom stereocenters. The van der Waals surface area contributed by atoms with E-state index in [1.165, 1.54) is 19.3 Å². The first-order valence-electron chi connectivity index (χ1n) is 5.40. The number of nitrogen functional groups attached to an aromatic ring is 1. The van der Waals surface area contributed by atoms with Crippen LogP contribution >= 0.6 is 0 Å². The Labute approximate surface area is 97.5 Å². The topological polar surface area (TPSA) is 72.1 Å². The van der Waals surface area contributed by atoms with Crippen LogP contribution in [0.4, 0.5) is 11.6 Å². The zero-order chi connectivity index (χ0) is 11.5. The monoisotopic (exact) mass is 240 g/mol. The lowest BCUT2D eigenvalue weighted by atomic mass is 10.1. The van der Waals surface area contributed by atoms with Crippen molar-refractivity contribution in [2.75, 3.05) is 30.0 Å². The Hall–Kier alpha value is -1.17. The first-order chi connectivity index (χ1) is 7.66. The Bertz CT molecular complexity index is 404. The molecule has 88 valence electrons. The average Bonchev–Trinajstić information content (AvgIpc) is 2.29. The van der Waals surface area contributed by atoms with Gasteiger partial charge in [-0.3, -0.25) is 4.21 Å². The van der Waals surface area contributed by atoms with Gasteiger partial charge in [0, 0.05) is 25.4 Å². The van der Waals surface area contributed by atoms with Gasteiger partial charge in [0.05, 0.1) is 10.8 Å². The molecule has 2 rings (SSSR count). The average molecular weight is 240 g/mol. The van der Waals surface area contributed by atoms with Crippen LogP contribution in [0.2, 0.25) is 0 Å². The minimum atomic E-state index is -1.18. The maximum Gasteiger partial charge on any atom is 0.222 e. The van der Waals surface area contributed by atoms with Gasteiger partial charge in [-0.2, -0.15) is 0 Å². The maximum absolute atomic E-state index is 11.3. The van der Waals surface area contributed by atoms with E-state index in [1.807, 2.05) is 0 Å². The molecule has 1 aliphatic rings. The molecule has 16 heavy (non-hydrogen) atoms. The second-order valence-corrected chi connectivity index (χ2v) is 5.21. The number of piperidine rings is 1. The van der Waals surface area contributed by atoms with E-state index in [0.717, 1.165) is 18.9 Å². The molecule has 1 aromatic rings. The standard InChI is InChI=1S/C10H16N4OS/c1-16(15)10-12-8(11)7-9(13-10)14-5-3-2-4-6-14/h7H,2-6H2,1H3,(H2,11,12,13). The van der Waals surface area contributed by atoms with E-state index in [9.17, 15) is 4.21 Å². The number of aromatic nitrogens is 2. The molecule has 0 spiro atoms. The highest BCUT2D eigenvalue weighted by molar-refractivity contribution is 7.84. The molecular weight excluding hydrogens is 224 g/mol. The highest BCUT2D eigenvalue weighted by atomic mass is 32.2. The van der Waals surface area contributed by atoms with Crippen LogP contribution < -0.4 is 10.6 Å². The lowest BCUT2D eigenvalue weighted by molar-refractivity contribution is 0.571. The second kappa shape index (κ2) is 4.78. The summed E-state index contributed by atoms with van der Waals surface area (Å²) in [5.74, 6) is 1.19. The third kappa shape index (κ3) is 2.49. The van der Waals surface area contributed by atoms with Crippen LogP contribution in [-0.2, 0) is 10.8 Å². The minimum absolute atomic E-state index is 0.320. The van der Waals surface area contributed by atoms with Crippen LogP contribution in [0.5, 0.6) is 0 Å². The number of hydrogen-bond acceptors (Lipinski definition) is 5. The molecule has 0 radical (unpaired) electrons. The third-order valence-electron chi connectivity index (χ3n) is 2.65. The van der Waals surface area contributed by atoms with Crippen molar-refractivity contribution in [3.63, 3.8) is 0 Å². The molecule has 1 unspecified atom stereocenters. The molecule has 0 saturated carbocycles. The van der Waals surface area contributed by atoms with Gasteiger partial charge in [-0.25, -0.2) is 9.97 Å². The van der Waals surface area contributed by atoms with Gasteiger partial charge < -0.3 is 10.6 Å². The molecule has 1 saturated heterocycles. The Kier molecular flexibility index (Phi) is 3.38. The lowest BCUT2D eigenvalue weighted by Gasteiger charge is -2.27. The van der Waals surface area contributed by atoms with Crippen LogP contribution in [0.25, 0.3) is 0 Å². The van der Waals surface area contributed by atoms with Crippen LogP contribution in [0.1, 0.15) is 19.3 Å². The van der Waals surface area contributed by atoms with Crippen molar-refractivity contribution in [3.8, 4) is 0 Å². The Morgan fingerprint density at radius 1 is 1.31 bits per heavy atom. The molecule has 1 aliphatic heterocycles. The molecule has 2 heterocycles. The summed E-state index contributed by atoms with van der Waals surface area (Å²) >= 11 is 0. The van der Waals surface area contributed by atoms with Gasteiger partial charge in [-0.1, -0.05) is 0 Å². The normalized spacial score (nSPS) is 18.4. The van der Waals surface area contributed by atoms with Crippen LogP contribution in [0, 0.1) is 0 Å². The first-order valence-corrected chi connectivity index (χ1v) is 6.95. The van der Waals surface area contributed by atoms with Crippen molar-refractivity contribution in [1.29, 1.82) is 0 Å². The number of rotatable bonds is 2. The van der Waals surface area contributed by atoms with Gasteiger partial charge in [0.2, 0.25) is 5.16 Å².